The van der Waals surface area contributed by atoms with Crippen molar-refractivity contribution in [2.45, 2.75) is 106 Å². The lowest BCUT2D eigenvalue weighted by Gasteiger charge is -2.23. The average Bonchev–Trinajstić information content (AvgIpc) is 4.28. The van der Waals surface area contributed by atoms with Gasteiger partial charge in [0.25, 0.3) is 11.1 Å². The molecule has 0 aromatic carbocycles. The number of ether oxygens (including phenoxy) is 4. The molecule has 6 aromatic rings. The molecule has 428 valence electrons. The van der Waals surface area contributed by atoms with Gasteiger partial charge in [0.15, 0.2) is 47.5 Å². The largest absolute Gasteiger partial charge is 0.472 e. The zero-order valence-electron chi connectivity index (χ0n) is 40.8. The molecule has 4 aliphatic heterocycles. The first-order chi connectivity index (χ1) is 37.4. The third-order valence-electron chi connectivity index (χ3n) is 12.8. The maximum Gasteiger partial charge on any atom is 0.472 e. The van der Waals surface area contributed by atoms with E-state index in [9.17, 15) is 57.8 Å². The molecule has 10 rings (SSSR count). The molecule has 0 spiro atoms. The summed E-state index contributed by atoms with van der Waals surface area (Å²) >= 11 is 0. The zero-order chi connectivity index (χ0) is 56.3. The van der Waals surface area contributed by atoms with E-state index in [0.717, 1.165) is 26.2 Å². The van der Waals surface area contributed by atoms with Crippen LogP contribution in [0.5, 0.6) is 0 Å². The molecule has 13 N–H and O–H groups in total. The molecule has 4 fully saturated rings. The zero-order valence-corrected chi connectivity index (χ0v) is 43.5. The van der Waals surface area contributed by atoms with Crippen molar-refractivity contribution in [3.63, 3.8) is 0 Å². The molecular weight excluding hydrogens is 1120 g/mol. The van der Waals surface area contributed by atoms with Crippen LogP contribution in [0.25, 0.3) is 22.3 Å². The van der Waals surface area contributed by atoms with Gasteiger partial charge in [-0.05, 0) is 13.0 Å². The van der Waals surface area contributed by atoms with Crippen molar-refractivity contribution >= 4 is 63.4 Å². The highest BCUT2D eigenvalue weighted by atomic mass is 31.2. The second-order valence-electron chi connectivity index (χ2n) is 18.4. The topological polar surface area (TPSA) is 520 Å². The van der Waals surface area contributed by atoms with Crippen molar-refractivity contribution in [2.75, 3.05) is 43.6 Å². The minimum Gasteiger partial charge on any atom is -0.394 e. The number of aliphatic hydroxyl groups excluding tert-OH is 2. The molecule has 6 aromatic heterocycles. The van der Waals surface area contributed by atoms with Crippen LogP contribution < -0.4 is 39.7 Å². The van der Waals surface area contributed by atoms with Gasteiger partial charge in [0.1, 0.15) is 42.1 Å². The lowest BCUT2D eigenvalue weighted by molar-refractivity contribution is -0.0663. The third-order valence-corrected chi connectivity index (χ3v) is 15.9. The highest BCUT2D eigenvalue weighted by Gasteiger charge is 2.48. The van der Waals surface area contributed by atoms with Crippen molar-refractivity contribution in [2.24, 2.45) is 0 Å². The van der Waals surface area contributed by atoms with E-state index < -0.39 is 153 Å². The predicted molar refractivity (Wildman–Crippen MR) is 260 cm³/mol. The summed E-state index contributed by atoms with van der Waals surface area (Å²) in [6.07, 6.45) is -10.8. The van der Waals surface area contributed by atoms with Crippen molar-refractivity contribution in [1.29, 1.82) is 0 Å². The van der Waals surface area contributed by atoms with Gasteiger partial charge in [-0.3, -0.25) is 65.0 Å². The molecule has 37 nitrogen and oxygen atoms in total. The normalized spacial score (nSPS) is 29.5. The summed E-state index contributed by atoms with van der Waals surface area (Å²) in [6.45, 7) is -1.27. The monoisotopic (exact) mass is 1170 g/mol. The highest BCUT2D eigenvalue weighted by Crippen LogP contribution is 2.54. The first-order valence-corrected chi connectivity index (χ1v) is 28.1. The minimum atomic E-state index is -5.28. The van der Waals surface area contributed by atoms with E-state index in [4.69, 9.17) is 63.3 Å². The van der Waals surface area contributed by atoms with Crippen LogP contribution in [0.3, 0.4) is 0 Å². The Bertz CT molecular complexity index is 3650. The Balaban J connectivity index is 0.812. The Labute approximate surface area is 439 Å². The number of phosphoric acid groups is 3. The summed E-state index contributed by atoms with van der Waals surface area (Å²) < 4.78 is 102. The lowest BCUT2D eigenvalue weighted by atomic mass is 10.2. The first-order valence-electron chi connectivity index (χ1n) is 23.6. The molecule has 4 saturated heterocycles. The summed E-state index contributed by atoms with van der Waals surface area (Å²) in [5, 5.41) is 20.6. The van der Waals surface area contributed by atoms with E-state index in [1.807, 2.05) is 0 Å². The summed E-state index contributed by atoms with van der Waals surface area (Å²) in [4.78, 5) is 112. The number of anilines is 3. The smallest absolute Gasteiger partial charge is 0.394 e. The Morgan fingerprint density at radius 1 is 0.646 bits per heavy atom. The van der Waals surface area contributed by atoms with Crippen LogP contribution in [0.1, 0.15) is 56.2 Å². The fourth-order valence-electron chi connectivity index (χ4n) is 9.30. The van der Waals surface area contributed by atoms with Gasteiger partial charge in [-0.1, -0.05) is 0 Å². The summed E-state index contributed by atoms with van der Waals surface area (Å²) in [6, 6.07) is 1.21. The molecule has 0 amide bonds. The third kappa shape index (κ3) is 12.2. The lowest BCUT2D eigenvalue weighted by Crippen LogP contribution is -2.36. The SMILES string of the molecule is Cc1cn([C@@H]2O[C@H](COP(=O)(O)O[C@@H]3C[C@@H](COP(=O)(O)O[C@@H]4C[C@@H](COP(=O)(O)O[C@@H]5C[C@@H](CO)O[C@H]5n5cnc6c(N)ncnc65)O[C@H]4n4cnc5c(=O)[nH]c(N)nc54)O[C@H]3n3ccc(N)nc3=O)CC2O)c(=O)[nH]c1=O. The van der Waals surface area contributed by atoms with E-state index in [2.05, 4.69) is 39.9 Å². The number of nitrogens with two attached hydrogens (primary N) is 3. The standard InChI is InChI=1S/C39H50N15O22P3/c1-16-8-52(39(60)50-31(16)57)33-21(56)4-18(71-33)10-67-77(61,62)75-23-6-19(72-34(23)51-3-2-25(40)47-38(51)59)11-68-79(65,66)76-24-7-20(73-36(24)54-15-46-27-30(54)48-37(42)49-32(27)58)12-69-78(63,64)74-22-5-17(9-55)70-35(22)53-14-45-26-28(41)43-13-44-29(26)53/h2-3,8,13-15,17-24,33-36,55-56H,4-7,9-12H2,1H3,(H,61,62)(H,63,64)(H,65,66)(H2,40,47,59)(H2,41,43,44)(H,50,57,60)(H3,42,48,49,58)/t17-,18-,19-,20-,21?,22+,23+,24+,33+,34+,35+,36+/m0/s1. The van der Waals surface area contributed by atoms with Gasteiger partial charge in [0.05, 0.1) is 63.5 Å². The van der Waals surface area contributed by atoms with Crippen LogP contribution in [0.4, 0.5) is 17.6 Å². The number of aliphatic hydroxyl groups is 2. The molecular formula is C39H50N15O22P3. The molecule has 15 atom stereocenters. The highest BCUT2D eigenvalue weighted by molar-refractivity contribution is 7.48. The molecule has 0 saturated carbocycles. The number of nitrogens with one attached hydrogen (secondary N) is 2. The van der Waals surface area contributed by atoms with Crippen LogP contribution >= 0.6 is 23.5 Å². The number of imidazole rings is 2. The van der Waals surface area contributed by atoms with E-state index in [-0.39, 0.29) is 64.7 Å². The summed E-state index contributed by atoms with van der Waals surface area (Å²) in [7, 11) is -15.5. The van der Waals surface area contributed by atoms with Crippen LogP contribution in [-0.2, 0) is 59.8 Å². The fraction of sp³-hybridized carbons (Fsp3) is 0.538. The maximum absolute atomic E-state index is 13.9. The summed E-state index contributed by atoms with van der Waals surface area (Å²) in [5.74, 6) is -0.480. The van der Waals surface area contributed by atoms with Gasteiger partial charge in [0, 0.05) is 43.6 Å². The van der Waals surface area contributed by atoms with Crippen molar-refractivity contribution in [1.82, 2.24) is 58.1 Å². The fourth-order valence-corrected chi connectivity index (χ4v) is 12.1. The second-order valence-corrected chi connectivity index (χ2v) is 22.6. The summed E-state index contributed by atoms with van der Waals surface area (Å²) in [5.41, 5.74) is 14.3. The predicted octanol–water partition coefficient (Wildman–Crippen LogP) is -2.17. The van der Waals surface area contributed by atoms with Gasteiger partial charge in [0.2, 0.25) is 5.95 Å². The molecule has 10 heterocycles. The van der Waals surface area contributed by atoms with Crippen LogP contribution in [0, 0.1) is 6.92 Å². The van der Waals surface area contributed by atoms with Crippen LogP contribution in [0.2, 0.25) is 0 Å². The molecule has 0 aliphatic carbocycles. The van der Waals surface area contributed by atoms with E-state index in [0.29, 0.717) is 0 Å². The molecule has 0 bridgehead atoms. The minimum absolute atomic E-state index is 0.0480. The quantitative estimate of drug-likeness (QED) is 0.0364. The van der Waals surface area contributed by atoms with Crippen molar-refractivity contribution < 1.29 is 84.7 Å². The number of fused-ring (bicyclic) bond motifs is 2. The van der Waals surface area contributed by atoms with Gasteiger partial charge < -0.3 is 61.0 Å². The molecule has 4 aliphatic rings. The number of hydrogen-bond donors (Lipinski definition) is 10. The van der Waals surface area contributed by atoms with Gasteiger partial charge in [-0.25, -0.2) is 43.2 Å². The van der Waals surface area contributed by atoms with E-state index >= 15 is 0 Å². The first kappa shape index (κ1) is 56.2. The van der Waals surface area contributed by atoms with Crippen LogP contribution in [-0.4, -0.2) is 158 Å². The van der Waals surface area contributed by atoms with E-state index in [1.165, 1.54) is 36.4 Å². The van der Waals surface area contributed by atoms with Crippen molar-refractivity contribution in [3.8, 4) is 0 Å². The molecule has 79 heavy (non-hydrogen) atoms. The Morgan fingerprint density at radius 3 is 1.75 bits per heavy atom. The Hall–Kier alpha value is -6.05. The number of nitrogen functional groups attached to an aromatic ring is 3. The number of aromatic amines is 2. The van der Waals surface area contributed by atoms with Gasteiger partial charge in [-0.2, -0.15) is 9.97 Å². The number of H-pyrrole nitrogens is 2. The maximum atomic E-state index is 13.9. The van der Waals surface area contributed by atoms with E-state index in [1.54, 1.807) is 0 Å². The number of aryl methyl sites for hydroxylation is 1. The van der Waals surface area contributed by atoms with Crippen molar-refractivity contribution in [3.05, 3.63) is 84.7 Å². The van der Waals surface area contributed by atoms with Gasteiger partial charge in [-0.15, -0.1) is 0 Å². The number of hydrogen-bond acceptors (Lipinski definition) is 28. The Morgan fingerprint density at radius 2 is 1.16 bits per heavy atom. The number of nitrogens with zero attached hydrogens (tertiary/aromatic N) is 10. The average molecular weight is 1170 g/mol. The molecule has 0 radical (unpaired) electrons. The number of aromatic nitrogens is 12. The Kier molecular flexibility index (Phi) is 15.7. The molecule has 40 heteroatoms. The number of phosphoric ester groups is 3. The molecule has 4 unspecified atom stereocenters. The van der Waals surface area contributed by atoms with Gasteiger partial charge >= 0.3 is 34.8 Å². The van der Waals surface area contributed by atoms with Crippen LogP contribution in [0.15, 0.2) is 56.6 Å². The number of rotatable bonds is 20. The second kappa shape index (κ2) is 22.1.